The van der Waals surface area contributed by atoms with E-state index in [1.807, 2.05) is 18.2 Å². The fourth-order valence-corrected chi connectivity index (χ4v) is 10.2. The third-order valence-corrected chi connectivity index (χ3v) is 13.3. The average Bonchev–Trinajstić information content (AvgIpc) is 3.99. The van der Waals surface area contributed by atoms with E-state index in [1.165, 1.54) is 27.5 Å². The summed E-state index contributed by atoms with van der Waals surface area (Å²) in [5.74, 6) is 0. The van der Waals surface area contributed by atoms with E-state index < -0.39 is 0 Å². The number of nitrogens with zero attached hydrogens (tertiary/aromatic N) is 1. The lowest BCUT2D eigenvalue weighted by molar-refractivity contribution is 0.669. The lowest BCUT2D eigenvalue weighted by atomic mass is 9.92. The van der Waals surface area contributed by atoms with Crippen molar-refractivity contribution in [2.45, 2.75) is 0 Å². The third kappa shape index (κ3) is 6.59. The second-order valence-electron chi connectivity index (χ2n) is 17.2. The molecule has 0 saturated heterocycles. The van der Waals surface area contributed by atoms with Gasteiger partial charge in [-0.15, -0.1) is 0 Å². The van der Waals surface area contributed by atoms with Gasteiger partial charge in [0.1, 0.15) is 22.3 Å². The summed E-state index contributed by atoms with van der Waals surface area (Å²) < 4.78 is 13.1. The van der Waals surface area contributed by atoms with Gasteiger partial charge in [0.15, 0.2) is 0 Å². The van der Waals surface area contributed by atoms with Crippen LogP contribution in [0, 0.1) is 0 Å². The van der Waals surface area contributed by atoms with E-state index in [0.29, 0.717) is 0 Å². The van der Waals surface area contributed by atoms with E-state index in [4.69, 9.17) is 8.83 Å². The van der Waals surface area contributed by atoms with E-state index in [1.54, 1.807) is 0 Å². The first-order chi connectivity index (χ1) is 33.2. The minimum Gasteiger partial charge on any atom is -0.456 e. The van der Waals surface area contributed by atoms with Crippen molar-refractivity contribution in [3.8, 4) is 55.6 Å². The zero-order chi connectivity index (χ0) is 44.3. The molecule has 314 valence electrons. The number of para-hydroxylation sites is 2. The summed E-state index contributed by atoms with van der Waals surface area (Å²) >= 11 is 0. The maximum absolute atomic E-state index is 6.80. The van der Waals surface area contributed by atoms with E-state index >= 15 is 0 Å². The minimum atomic E-state index is 0.857. The lowest BCUT2D eigenvalue weighted by Gasteiger charge is -2.27. The maximum Gasteiger partial charge on any atom is 0.145 e. The lowest BCUT2D eigenvalue weighted by Crippen LogP contribution is -2.10. The minimum absolute atomic E-state index is 0.857. The summed E-state index contributed by atoms with van der Waals surface area (Å²) in [6.45, 7) is 0. The molecule has 11 aromatic carbocycles. The van der Waals surface area contributed by atoms with Crippen LogP contribution in [-0.2, 0) is 0 Å². The Labute approximate surface area is 388 Å². The van der Waals surface area contributed by atoms with Crippen LogP contribution in [-0.4, -0.2) is 0 Å². The molecule has 0 aliphatic heterocycles. The van der Waals surface area contributed by atoms with Crippen molar-refractivity contribution >= 4 is 71.7 Å². The normalized spacial score (nSPS) is 11.6. The molecule has 13 aromatic rings. The predicted molar refractivity (Wildman–Crippen MR) is 280 cm³/mol. The molecule has 0 radical (unpaired) electrons. The number of benzene rings is 11. The van der Waals surface area contributed by atoms with E-state index in [-0.39, 0.29) is 0 Å². The number of anilines is 3. The zero-order valence-electron chi connectivity index (χ0n) is 36.4. The SMILES string of the molecule is c1ccc(-c2ccc(N(c3ccc(-c4cccc(-c5cccc6ccccc56)c4)cc3)c3ccc(-c4ccccc4-c4cccc5oc6ccccc6c45)cc3)c3c2oc2ccccc23)cc1. The molecule has 0 aliphatic rings. The van der Waals surface area contributed by atoms with Crippen LogP contribution in [0.2, 0.25) is 0 Å². The second kappa shape index (κ2) is 16.0. The van der Waals surface area contributed by atoms with Gasteiger partial charge in [-0.3, -0.25) is 0 Å². The topological polar surface area (TPSA) is 29.5 Å². The zero-order valence-corrected chi connectivity index (χ0v) is 36.4. The first-order valence-electron chi connectivity index (χ1n) is 22.8. The van der Waals surface area contributed by atoms with Crippen LogP contribution < -0.4 is 4.90 Å². The van der Waals surface area contributed by atoms with Gasteiger partial charge >= 0.3 is 0 Å². The van der Waals surface area contributed by atoms with Gasteiger partial charge in [0.2, 0.25) is 0 Å². The molecule has 3 nitrogen and oxygen atoms in total. The van der Waals surface area contributed by atoms with E-state index in [2.05, 4.69) is 235 Å². The second-order valence-corrected chi connectivity index (χ2v) is 17.2. The first-order valence-corrected chi connectivity index (χ1v) is 22.8. The van der Waals surface area contributed by atoms with Crippen LogP contribution in [0.5, 0.6) is 0 Å². The number of hydrogen-bond acceptors (Lipinski definition) is 3. The number of furan rings is 2. The Balaban J connectivity index is 0.954. The summed E-state index contributed by atoms with van der Waals surface area (Å²) in [5.41, 5.74) is 18.1. The van der Waals surface area contributed by atoms with Gasteiger partial charge in [-0.2, -0.15) is 0 Å². The molecule has 0 amide bonds. The Morgan fingerprint density at radius 1 is 0.269 bits per heavy atom. The fourth-order valence-electron chi connectivity index (χ4n) is 10.2. The Morgan fingerprint density at radius 2 is 0.791 bits per heavy atom. The van der Waals surface area contributed by atoms with Gasteiger partial charge in [-0.25, -0.2) is 0 Å². The molecule has 2 heterocycles. The predicted octanol–water partition coefficient (Wildman–Crippen LogP) is 18.4. The quantitative estimate of drug-likeness (QED) is 0.152. The standard InChI is InChI=1S/C64H41NO2/c1-2-15-44(16-3-1)53-39-40-58(63-57-25-9-11-29-60(57)67-64(53)63)65(48-35-31-42(32-36-48)46-19-12-20-47(41-46)52-26-13-18-43-17-4-5-21-50(43)52)49-37-33-45(34-38-49)51-22-6-7-23-54(51)55-27-14-30-61-62(55)56-24-8-10-28-59(56)66-61/h1-41H. The number of rotatable bonds is 8. The van der Waals surface area contributed by atoms with Gasteiger partial charge in [0.25, 0.3) is 0 Å². The average molecular weight is 856 g/mol. The van der Waals surface area contributed by atoms with Gasteiger partial charge in [0.05, 0.1) is 11.1 Å². The van der Waals surface area contributed by atoms with Crippen LogP contribution >= 0.6 is 0 Å². The van der Waals surface area contributed by atoms with Crippen LogP contribution in [0.1, 0.15) is 0 Å². The van der Waals surface area contributed by atoms with Crippen molar-refractivity contribution in [3.05, 3.63) is 249 Å². The highest BCUT2D eigenvalue weighted by atomic mass is 16.3. The molecule has 0 atom stereocenters. The number of hydrogen-bond donors (Lipinski definition) is 0. The van der Waals surface area contributed by atoms with Crippen LogP contribution in [0.3, 0.4) is 0 Å². The summed E-state index contributed by atoms with van der Waals surface area (Å²) in [5, 5.41) is 6.88. The molecule has 0 fully saturated rings. The highest BCUT2D eigenvalue weighted by Crippen LogP contribution is 2.47. The molecule has 67 heavy (non-hydrogen) atoms. The molecule has 0 unspecified atom stereocenters. The molecule has 13 rings (SSSR count). The van der Waals surface area contributed by atoms with Gasteiger partial charge < -0.3 is 13.7 Å². The van der Waals surface area contributed by atoms with E-state index in [0.717, 1.165) is 99.9 Å². The third-order valence-electron chi connectivity index (χ3n) is 13.3. The molecular weight excluding hydrogens is 815 g/mol. The Bertz CT molecular complexity index is 3970. The van der Waals surface area contributed by atoms with Gasteiger partial charge in [0, 0.05) is 33.1 Å². The van der Waals surface area contributed by atoms with Crippen molar-refractivity contribution in [2.75, 3.05) is 4.90 Å². The highest BCUT2D eigenvalue weighted by Gasteiger charge is 2.23. The van der Waals surface area contributed by atoms with Crippen LogP contribution in [0.4, 0.5) is 17.1 Å². The molecule has 0 bridgehead atoms. The van der Waals surface area contributed by atoms with Gasteiger partial charge in [-0.05, 0) is 122 Å². The first kappa shape index (κ1) is 38.5. The van der Waals surface area contributed by atoms with Crippen LogP contribution in [0.25, 0.3) is 110 Å². The monoisotopic (exact) mass is 855 g/mol. The number of fused-ring (bicyclic) bond motifs is 7. The summed E-state index contributed by atoms with van der Waals surface area (Å²) in [4.78, 5) is 2.38. The van der Waals surface area contributed by atoms with E-state index in [9.17, 15) is 0 Å². The highest BCUT2D eigenvalue weighted by molar-refractivity contribution is 6.17. The molecule has 0 saturated carbocycles. The molecule has 2 aromatic heterocycles. The van der Waals surface area contributed by atoms with Crippen molar-refractivity contribution in [1.29, 1.82) is 0 Å². The molecule has 0 aliphatic carbocycles. The maximum atomic E-state index is 6.80. The molecule has 0 spiro atoms. The van der Waals surface area contributed by atoms with Crippen molar-refractivity contribution in [3.63, 3.8) is 0 Å². The van der Waals surface area contributed by atoms with Crippen molar-refractivity contribution in [2.24, 2.45) is 0 Å². The van der Waals surface area contributed by atoms with Crippen molar-refractivity contribution < 1.29 is 8.83 Å². The summed E-state index contributed by atoms with van der Waals surface area (Å²) in [7, 11) is 0. The molecule has 0 N–H and O–H groups in total. The Hall–Kier alpha value is -8.92. The summed E-state index contributed by atoms with van der Waals surface area (Å²) in [6.07, 6.45) is 0. The largest absolute Gasteiger partial charge is 0.456 e. The molecular formula is C64H41NO2. The Morgan fingerprint density at radius 3 is 1.58 bits per heavy atom. The van der Waals surface area contributed by atoms with Crippen molar-refractivity contribution in [1.82, 2.24) is 0 Å². The Kier molecular flexibility index (Phi) is 9.17. The van der Waals surface area contributed by atoms with Gasteiger partial charge in [-0.1, -0.05) is 188 Å². The van der Waals surface area contributed by atoms with Crippen LogP contribution in [0.15, 0.2) is 258 Å². The molecule has 3 heteroatoms. The fraction of sp³-hybridized carbons (Fsp3) is 0. The summed E-state index contributed by atoms with van der Waals surface area (Å²) in [6, 6.07) is 88.8. The smallest absolute Gasteiger partial charge is 0.145 e.